The first-order valence-electron chi connectivity index (χ1n) is 14.0. The molecule has 1 aromatic heterocycles. The van der Waals surface area contributed by atoms with Crippen LogP contribution < -0.4 is 24.8 Å². The molecule has 4 heteroatoms. The van der Waals surface area contributed by atoms with Gasteiger partial charge in [-0.25, -0.2) is 11.3 Å². The number of hydrogen-bond donors (Lipinski definition) is 0. The Morgan fingerprint density at radius 2 is 1.48 bits per heavy atom. The topological polar surface area (TPSA) is 0 Å². The molecule has 0 bridgehead atoms. The summed E-state index contributed by atoms with van der Waals surface area (Å²) in [6.07, 6.45) is 2.15. The van der Waals surface area contributed by atoms with E-state index in [2.05, 4.69) is 147 Å². The molecule has 0 saturated carbocycles. The van der Waals surface area contributed by atoms with Crippen molar-refractivity contribution in [3.63, 3.8) is 0 Å². The van der Waals surface area contributed by atoms with Crippen LogP contribution in [0.4, 0.5) is 0 Å². The SMILES string of the molecule is CC(C)(C)c1[c-]c2c(cc1)-c1ccc(C(C)(C)C)cc1C2.[Cl-].[Cl-].[Zr+2]=[CH]Cc1ccccc1.c1cc[c-](-c2ccsc2)c1. The molecule has 1 heterocycles. The van der Waals surface area contributed by atoms with Gasteiger partial charge < -0.3 is 24.8 Å². The molecule has 0 N–H and O–H groups in total. The van der Waals surface area contributed by atoms with Gasteiger partial charge in [-0.1, -0.05) is 81.6 Å². The average molecular weight is 691 g/mol. The Kier molecular flexibility index (Phi) is 14.0. The molecular weight excluding hydrogens is 651 g/mol. The van der Waals surface area contributed by atoms with Gasteiger partial charge in [0.05, 0.1) is 0 Å². The molecule has 0 radical (unpaired) electrons. The molecule has 0 atom stereocenters. The quantitative estimate of drug-likeness (QED) is 0.242. The fourth-order valence-electron chi connectivity index (χ4n) is 4.75. The molecule has 1 aliphatic rings. The van der Waals surface area contributed by atoms with Gasteiger partial charge in [-0.2, -0.15) is 35.9 Å². The first kappa shape index (κ1) is 36.2. The van der Waals surface area contributed by atoms with Gasteiger partial charge in [0.1, 0.15) is 0 Å². The summed E-state index contributed by atoms with van der Waals surface area (Å²) in [6.45, 7) is 13.6. The van der Waals surface area contributed by atoms with E-state index in [1.807, 2.05) is 6.07 Å². The van der Waals surface area contributed by atoms with Gasteiger partial charge in [0.25, 0.3) is 0 Å². The predicted octanol–water partition coefficient (Wildman–Crippen LogP) is 4.37. The van der Waals surface area contributed by atoms with Crippen molar-refractivity contribution in [3.05, 3.63) is 136 Å². The molecule has 42 heavy (non-hydrogen) atoms. The molecule has 0 unspecified atom stereocenters. The Labute approximate surface area is 285 Å². The number of rotatable bonds is 3. The normalized spacial score (nSPS) is 11.3. The van der Waals surface area contributed by atoms with Crippen LogP contribution in [-0.4, -0.2) is 3.71 Å². The molecule has 4 aromatic carbocycles. The molecule has 0 fully saturated rings. The van der Waals surface area contributed by atoms with Crippen LogP contribution in [0.25, 0.3) is 22.3 Å². The Morgan fingerprint density at radius 3 is 2.05 bits per heavy atom. The summed E-state index contributed by atoms with van der Waals surface area (Å²) in [7, 11) is 0. The van der Waals surface area contributed by atoms with Gasteiger partial charge >= 0.3 is 70.3 Å². The van der Waals surface area contributed by atoms with Gasteiger partial charge in [0, 0.05) is 0 Å². The molecule has 0 amide bonds. The molecule has 0 aliphatic heterocycles. The average Bonchev–Trinajstić information content (AvgIpc) is 3.69. The number of halogens is 2. The van der Waals surface area contributed by atoms with Gasteiger partial charge in [-0.15, -0.1) is 34.9 Å². The molecule has 218 valence electrons. The minimum atomic E-state index is 0. The van der Waals surface area contributed by atoms with Crippen molar-refractivity contribution in [2.24, 2.45) is 0 Å². The van der Waals surface area contributed by atoms with Crippen molar-refractivity contribution in [1.82, 2.24) is 0 Å². The summed E-state index contributed by atoms with van der Waals surface area (Å²) in [5.41, 5.74) is 12.8. The van der Waals surface area contributed by atoms with Crippen molar-refractivity contribution in [3.8, 4) is 22.3 Å². The molecule has 5 aromatic rings. The van der Waals surface area contributed by atoms with Crippen molar-refractivity contribution < 1.29 is 49.0 Å². The molecule has 6 rings (SSSR count). The molecular formula is C38H40Cl2SZr-2. The molecule has 0 nitrogen and oxygen atoms in total. The monoisotopic (exact) mass is 688 g/mol. The zero-order valence-corrected chi connectivity index (χ0v) is 30.3. The maximum atomic E-state index is 3.67. The number of thiophene rings is 1. The number of benzene rings is 3. The van der Waals surface area contributed by atoms with Crippen LogP contribution in [0.15, 0.2) is 102 Å². The third-order valence-electron chi connectivity index (χ3n) is 7.16. The second-order valence-electron chi connectivity index (χ2n) is 12.4. The molecule has 0 spiro atoms. The summed E-state index contributed by atoms with van der Waals surface area (Å²) >= 11 is 3.25. The second-order valence-corrected chi connectivity index (χ2v) is 14.2. The second kappa shape index (κ2) is 16.2. The zero-order chi connectivity index (χ0) is 28.8. The Bertz CT molecular complexity index is 1410. The summed E-state index contributed by atoms with van der Waals surface area (Å²) in [5.74, 6) is 0. The summed E-state index contributed by atoms with van der Waals surface area (Å²) in [4.78, 5) is 0. The minimum Gasteiger partial charge on any atom is -0.201 e. The Morgan fingerprint density at radius 1 is 0.810 bits per heavy atom. The summed E-state index contributed by atoms with van der Waals surface area (Å²) < 4.78 is 2.25. The fourth-order valence-corrected chi connectivity index (χ4v) is 6.00. The van der Waals surface area contributed by atoms with E-state index in [-0.39, 0.29) is 35.6 Å². The van der Waals surface area contributed by atoms with E-state index >= 15 is 0 Å². The van der Waals surface area contributed by atoms with Gasteiger partial charge in [0.15, 0.2) is 0 Å². The van der Waals surface area contributed by atoms with Gasteiger partial charge in [-0.05, 0) is 28.4 Å². The predicted molar refractivity (Wildman–Crippen MR) is 172 cm³/mol. The van der Waals surface area contributed by atoms with Crippen LogP contribution in [-0.2, 0) is 47.9 Å². The summed E-state index contributed by atoms with van der Waals surface area (Å²) in [5, 5.41) is 4.26. The van der Waals surface area contributed by atoms with Crippen molar-refractivity contribution >= 4 is 15.0 Å². The van der Waals surface area contributed by atoms with E-state index in [0.717, 1.165) is 12.8 Å². The first-order valence-corrected chi connectivity index (χ1v) is 16.4. The van der Waals surface area contributed by atoms with Crippen molar-refractivity contribution in [2.75, 3.05) is 0 Å². The molecule has 0 saturated heterocycles. The van der Waals surface area contributed by atoms with Gasteiger partial charge in [0.2, 0.25) is 0 Å². The van der Waals surface area contributed by atoms with Crippen LogP contribution in [0.2, 0.25) is 0 Å². The van der Waals surface area contributed by atoms with E-state index in [9.17, 15) is 0 Å². The van der Waals surface area contributed by atoms with Crippen molar-refractivity contribution in [2.45, 2.75) is 65.2 Å². The number of hydrogen-bond acceptors (Lipinski definition) is 1. The maximum absolute atomic E-state index is 3.67. The Hall–Kier alpha value is -1.96. The van der Waals surface area contributed by atoms with Gasteiger partial charge in [-0.3, -0.25) is 0 Å². The van der Waals surface area contributed by atoms with Crippen LogP contribution >= 0.6 is 11.3 Å². The fraction of sp³-hybridized carbons (Fsp3) is 0.263. The van der Waals surface area contributed by atoms with E-state index in [1.54, 1.807) is 11.3 Å². The van der Waals surface area contributed by atoms with Crippen LogP contribution in [0.3, 0.4) is 0 Å². The van der Waals surface area contributed by atoms with E-state index in [0.29, 0.717) is 0 Å². The van der Waals surface area contributed by atoms with Crippen LogP contribution in [0, 0.1) is 6.07 Å². The standard InChI is InChI=1S/C21H25.C9H7S.C8H8.2ClH.Zr/c1-20(2,3)16-7-9-18-14(12-16)11-15-13-17(21(4,5)6)8-10-19(15)18;1-2-4-8(3-1)9-5-6-10-7-9;1-2-8-6-4-3-5-7-8;;;/h7-10,12H,11H2,1-6H3;1-7H;1,3-7H,2H2;2*1H;/q2*-1;;;;+2/p-2. The third-order valence-corrected chi connectivity index (χ3v) is 8.35. The summed E-state index contributed by atoms with van der Waals surface area (Å²) in [6, 6.07) is 36.2. The van der Waals surface area contributed by atoms with Crippen molar-refractivity contribution in [1.29, 1.82) is 0 Å². The maximum Gasteiger partial charge on any atom is -0.0501 e. The van der Waals surface area contributed by atoms with E-state index in [4.69, 9.17) is 0 Å². The smallest absolute Gasteiger partial charge is 0.0501 e. The van der Waals surface area contributed by atoms with Crippen LogP contribution in [0.1, 0.15) is 69.4 Å². The minimum absolute atomic E-state index is 0. The Balaban J connectivity index is 0.000000245. The largest absolute Gasteiger partial charge is 0.201 e. The van der Waals surface area contributed by atoms with Crippen LogP contribution in [0.5, 0.6) is 0 Å². The third kappa shape index (κ3) is 9.78. The van der Waals surface area contributed by atoms with E-state index in [1.165, 1.54) is 74.3 Å². The zero-order valence-electron chi connectivity index (χ0n) is 25.5. The molecule has 1 aliphatic carbocycles. The number of fused-ring (bicyclic) bond motifs is 3. The van der Waals surface area contributed by atoms with E-state index < -0.39 is 0 Å². The first-order chi connectivity index (χ1) is 19.1.